The highest BCUT2D eigenvalue weighted by molar-refractivity contribution is 6.20. The van der Waals surface area contributed by atoms with Crippen molar-refractivity contribution in [3.05, 3.63) is 82.5 Å². The number of ether oxygens (including phenoxy) is 1. The smallest absolute Gasteiger partial charge is 0.258 e. The van der Waals surface area contributed by atoms with E-state index in [2.05, 4.69) is 22.0 Å². The topological polar surface area (TPSA) is 104 Å². The van der Waals surface area contributed by atoms with Crippen LogP contribution in [0.1, 0.15) is 51.4 Å². The van der Waals surface area contributed by atoms with E-state index >= 15 is 0 Å². The quantitative estimate of drug-likeness (QED) is 0.161. The normalized spacial score (nSPS) is 14.8. The van der Waals surface area contributed by atoms with Gasteiger partial charge in [-0.25, -0.2) is 0 Å². The van der Waals surface area contributed by atoms with Crippen LogP contribution in [0.25, 0.3) is 10.8 Å². The molecule has 12 heteroatoms. The minimum atomic E-state index is -1.16. The lowest BCUT2D eigenvalue weighted by Gasteiger charge is -2.29. The number of anilines is 2. The zero-order valence-corrected chi connectivity index (χ0v) is 28.9. The van der Waals surface area contributed by atoms with E-state index in [1.165, 1.54) is 0 Å². The molecule has 1 N–H and O–H groups in total. The number of H-pyrrole nitrogens is 1. The SMILES string of the molecule is CCN1C(=O)C(C)(C)C(=O)N(C)c2cc(OCCCN(CCn3ccc4ccccc4c3=O)C(C)c3cn[nH]c3C)ccc21.Cl.Cl. The second kappa shape index (κ2) is 15.2. The number of pyridine rings is 1. The van der Waals surface area contributed by atoms with Crippen molar-refractivity contribution >= 4 is 58.8 Å². The molecule has 0 saturated heterocycles. The lowest BCUT2D eigenvalue weighted by Crippen LogP contribution is -2.47. The van der Waals surface area contributed by atoms with E-state index in [1.54, 1.807) is 35.3 Å². The number of rotatable bonds is 11. The van der Waals surface area contributed by atoms with Crippen molar-refractivity contribution in [1.29, 1.82) is 0 Å². The van der Waals surface area contributed by atoms with E-state index in [1.807, 2.05) is 74.8 Å². The van der Waals surface area contributed by atoms with Gasteiger partial charge in [0.2, 0.25) is 11.8 Å². The molecule has 1 aliphatic heterocycles. The van der Waals surface area contributed by atoms with Crippen molar-refractivity contribution in [3.8, 4) is 5.75 Å². The minimum absolute atomic E-state index is 0. The predicted molar refractivity (Wildman–Crippen MR) is 188 cm³/mol. The van der Waals surface area contributed by atoms with E-state index < -0.39 is 5.41 Å². The summed E-state index contributed by atoms with van der Waals surface area (Å²) in [6, 6.07) is 15.3. The molecule has 0 fully saturated rings. The fraction of sp³-hybridized carbons (Fsp3) is 0.412. The summed E-state index contributed by atoms with van der Waals surface area (Å²) in [6.45, 7) is 12.3. The number of fused-ring (bicyclic) bond motifs is 2. The van der Waals surface area contributed by atoms with Crippen molar-refractivity contribution in [2.45, 2.75) is 53.6 Å². The molecule has 2 amide bonds. The van der Waals surface area contributed by atoms with Crippen molar-refractivity contribution in [2.75, 3.05) is 43.1 Å². The number of hydrogen-bond acceptors (Lipinski definition) is 6. The molecule has 1 aliphatic rings. The number of hydrogen-bond donors (Lipinski definition) is 1. The first-order valence-corrected chi connectivity index (χ1v) is 15.2. The summed E-state index contributed by atoms with van der Waals surface area (Å²) in [5.74, 6) is 0.179. The fourth-order valence-electron chi connectivity index (χ4n) is 6.05. The third-order valence-corrected chi connectivity index (χ3v) is 8.77. The van der Waals surface area contributed by atoms with Crippen molar-refractivity contribution < 1.29 is 14.3 Å². The number of carbonyl (C=O) groups is 2. The number of nitrogens with one attached hydrogen (secondary N) is 1. The summed E-state index contributed by atoms with van der Waals surface area (Å²) >= 11 is 0. The van der Waals surface area contributed by atoms with Crippen LogP contribution in [0.15, 0.2) is 65.7 Å². The fourth-order valence-corrected chi connectivity index (χ4v) is 6.05. The van der Waals surface area contributed by atoms with Crippen LogP contribution in [0, 0.1) is 12.3 Å². The zero-order chi connectivity index (χ0) is 31.6. The second-order valence-corrected chi connectivity index (χ2v) is 12.0. The second-order valence-electron chi connectivity index (χ2n) is 12.0. The third-order valence-electron chi connectivity index (χ3n) is 8.77. The van der Waals surface area contributed by atoms with Gasteiger partial charge in [-0.2, -0.15) is 5.10 Å². The van der Waals surface area contributed by atoms with Gasteiger partial charge in [-0.3, -0.25) is 24.4 Å². The summed E-state index contributed by atoms with van der Waals surface area (Å²) in [5.41, 5.74) is 2.35. The average molecular weight is 672 g/mol. The highest BCUT2D eigenvalue weighted by Gasteiger charge is 2.45. The monoisotopic (exact) mass is 670 g/mol. The Balaban J connectivity index is 0.00000288. The molecule has 1 atom stereocenters. The van der Waals surface area contributed by atoms with Gasteiger partial charge < -0.3 is 19.1 Å². The predicted octanol–water partition coefficient (Wildman–Crippen LogP) is 5.76. The van der Waals surface area contributed by atoms with E-state index in [4.69, 9.17) is 4.74 Å². The summed E-state index contributed by atoms with van der Waals surface area (Å²) in [6.07, 6.45) is 4.48. The molecule has 248 valence electrons. The molecule has 0 saturated carbocycles. The molecule has 10 nitrogen and oxygen atoms in total. The van der Waals surface area contributed by atoms with E-state index in [-0.39, 0.29) is 48.2 Å². The Morgan fingerprint density at radius 3 is 2.43 bits per heavy atom. The van der Waals surface area contributed by atoms with Crippen LogP contribution < -0.4 is 20.1 Å². The van der Waals surface area contributed by atoms with Crippen LogP contribution in [0.5, 0.6) is 5.75 Å². The van der Waals surface area contributed by atoms with E-state index in [0.717, 1.165) is 35.0 Å². The number of amides is 2. The number of nitrogens with zero attached hydrogens (tertiary/aromatic N) is 5. The summed E-state index contributed by atoms with van der Waals surface area (Å²) in [4.78, 5) is 45.1. The Bertz CT molecular complexity index is 1740. The van der Waals surface area contributed by atoms with Crippen molar-refractivity contribution in [1.82, 2.24) is 19.7 Å². The third kappa shape index (κ3) is 7.09. The van der Waals surface area contributed by atoms with Crippen LogP contribution in [0.4, 0.5) is 11.4 Å². The maximum atomic E-state index is 13.2. The van der Waals surface area contributed by atoms with Gasteiger partial charge >= 0.3 is 0 Å². The average Bonchev–Trinajstić information content (AvgIpc) is 3.45. The number of aromatic amines is 1. The standard InChI is InChI=1S/C34H42N6O4.2ClH/c1-7-40-29-14-13-26(21-30(29)37(6)32(42)34(4,5)33(40)43)44-20-10-16-38(24(3)28-22-35-36-23(28)2)18-19-39-17-15-25-11-8-9-12-27(25)31(39)41;;/h8-9,11-15,17,21-22,24H,7,10,16,18-20H2,1-6H3,(H,35,36);2*1H. The molecule has 46 heavy (non-hydrogen) atoms. The Kier molecular flexibility index (Phi) is 12.1. The van der Waals surface area contributed by atoms with Gasteiger partial charge in [-0.15, -0.1) is 24.8 Å². The molecule has 3 heterocycles. The Morgan fingerprint density at radius 1 is 1.00 bits per heavy atom. The Hall–Kier alpha value is -3.86. The number of carbonyl (C=O) groups excluding carboxylic acids is 2. The maximum Gasteiger partial charge on any atom is 0.258 e. The summed E-state index contributed by atoms with van der Waals surface area (Å²) in [5, 5.41) is 8.92. The van der Waals surface area contributed by atoms with Gasteiger partial charge in [0.15, 0.2) is 0 Å². The van der Waals surface area contributed by atoms with E-state index in [0.29, 0.717) is 43.4 Å². The lowest BCUT2D eigenvalue weighted by molar-refractivity contribution is -0.137. The Morgan fingerprint density at radius 2 is 1.74 bits per heavy atom. The van der Waals surface area contributed by atoms with Gasteiger partial charge in [-0.05, 0) is 70.7 Å². The number of halogens is 2. The first kappa shape index (κ1) is 36.6. The molecule has 2 aromatic carbocycles. The highest BCUT2D eigenvalue weighted by atomic mass is 35.5. The first-order chi connectivity index (χ1) is 21.0. The number of aryl methyl sites for hydroxylation is 1. The molecule has 0 radical (unpaired) electrons. The largest absolute Gasteiger partial charge is 0.493 e. The maximum absolute atomic E-state index is 13.2. The van der Waals surface area contributed by atoms with Gasteiger partial charge in [0.25, 0.3) is 5.56 Å². The van der Waals surface area contributed by atoms with Gasteiger partial charge in [0.1, 0.15) is 11.2 Å². The molecule has 2 aromatic heterocycles. The Labute approximate surface area is 282 Å². The van der Waals surface area contributed by atoms with Crippen molar-refractivity contribution in [2.24, 2.45) is 5.41 Å². The molecular weight excluding hydrogens is 627 g/mol. The van der Waals surface area contributed by atoms with E-state index in [9.17, 15) is 14.4 Å². The van der Waals surface area contributed by atoms with Crippen LogP contribution >= 0.6 is 24.8 Å². The summed E-state index contributed by atoms with van der Waals surface area (Å²) in [7, 11) is 1.71. The first-order valence-electron chi connectivity index (χ1n) is 15.2. The van der Waals surface area contributed by atoms with Crippen LogP contribution in [-0.4, -0.2) is 64.8 Å². The summed E-state index contributed by atoms with van der Waals surface area (Å²) < 4.78 is 7.95. The van der Waals surface area contributed by atoms with Crippen LogP contribution in [-0.2, 0) is 16.1 Å². The highest BCUT2D eigenvalue weighted by Crippen LogP contribution is 2.40. The van der Waals surface area contributed by atoms with Gasteiger partial charge in [0, 0.05) is 68.2 Å². The van der Waals surface area contributed by atoms with Crippen LogP contribution in [0.2, 0.25) is 0 Å². The molecule has 0 spiro atoms. The van der Waals surface area contributed by atoms with Gasteiger partial charge in [0.05, 0.1) is 24.2 Å². The molecule has 0 aliphatic carbocycles. The molecule has 0 bridgehead atoms. The number of aromatic nitrogens is 3. The van der Waals surface area contributed by atoms with Crippen molar-refractivity contribution in [3.63, 3.8) is 0 Å². The molecule has 4 aromatic rings. The zero-order valence-electron chi connectivity index (χ0n) is 27.3. The molecule has 1 unspecified atom stereocenters. The number of benzene rings is 2. The lowest BCUT2D eigenvalue weighted by atomic mass is 9.90. The van der Waals surface area contributed by atoms with Gasteiger partial charge in [-0.1, -0.05) is 18.2 Å². The molecule has 5 rings (SSSR count). The minimum Gasteiger partial charge on any atom is -0.493 e. The van der Waals surface area contributed by atoms with Crippen LogP contribution in [0.3, 0.4) is 0 Å². The molecular formula is C34H44Cl2N6O4.